The summed E-state index contributed by atoms with van der Waals surface area (Å²) in [6.45, 7) is 4.19. The molecule has 7 heteroatoms. The van der Waals surface area contributed by atoms with Crippen molar-refractivity contribution in [3.05, 3.63) is 53.6 Å². The number of nitrogens with one attached hydrogen (secondary N) is 2. The maximum absolute atomic E-state index is 12.4. The van der Waals surface area contributed by atoms with Crippen molar-refractivity contribution in [1.82, 2.24) is 0 Å². The minimum absolute atomic E-state index is 0.333. The number of carbonyl (C=O) groups is 1. The van der Waals surface area contributed by atoms with E-state index in [1.165, 1.54) is 6.07 Å². The Morgan fingerprint density at radius 3 is 2.58 bits per heavy atom. The van der Waals surface area contributed by atoms with Crippen LogP contribution in [0.4, 0.5) is 11.4 Å². The van der Waals surface area contributed by atoms with E-state index in [-0.39, 0.29) is 5.91 Å². The van der Waals surface area contributed by atoms with E-state index in [1.54, 1.807) is 43.3 Å². The first-order chi connectivity index (χ1) is 11.3. The number of sulfonamides is 1. The summed E-state index contributed by atoms with van der Waals surface area (Å²) in [6.07, 6.45) is 1.07. The molecule has 0 fully saturated rings. The third-order valence-corrected chi connectivity index (χ3v) is 3.79. The zero-order valence-corrected chi connectivity index (χ0v) is 14.6. The molecule has 0 aliphatic rings. The van der Waals surface area contributed by atoms with Crippen molar-refractivity contribution in [2.24, 2.45) is 0 Å². The van der Waals surface area contributed by atoms with E-state index in [2.05, 4.69) is 10.0 Å². The standard InChI is InChI=1S/C17H20N2O4S/c1-4-23-15-7-5-6-14(11-15)18-17(20)13-9-8-12(2)16(10-13)19-24(3,21)22/h5-11,19H,4H2,1-3H3,(H,18,20). The average Bonchev–Trinajstić information content (AvgIpc) is 2.49. The third kappa shape index (κ3) is 4.99. The molecule has 0 aromatic heterocycles. The summed E-state index contributed by atoms with van der Waals surface area (Å²) < 4.78 is 30.6. The maximum Gasteiger partial charge on any atom is 0.255 e. The zero-order chi connectivity index (χ0) is 17.7. The van der Waals surface area contributed by atoms with Crippen molar-refractivity contribution in [2.45, 2.75) is 13.8 Å². The molecule has 0 unspecified atom stereocenters. The van der Waals surface area contributed by atoms with Gasteiger partial charge in [0.15, 0.2) is 0 Å². The molecular formula is C17H20N2O4S. The van der Waals surface area contributed by atoms with Crippen LogP contribution in [0.25, 0.3) is 0 Å². The third-order valence-electron chi connectivity index (χ3n) is 3.20. The maximum atomic E-state index is 12.4. The van der Waals surface area contributed by atoms with Gasteiger partial charge in [-0.25, -0.2) is 8.42 Å². The highest BCUT2D eigenvalue weighted by atomic mass is 32.2. The molecule has 2 aromatic carbocycles. The van der Waals surface area contributed by atoms with Gasteiger partial charge in [0.25, 0.3) is 5.91 Å². The highest BCUT2D eigenvalue weighted by Gasteiger charge is 2.11. The molecule has 0 atom stereocenters. The number of anilines is 2. The first-order valence-corrected chi connectivity index (χ1v) is 9.30. The number of benzene rings is 2. The van der Waals surface area contributed by atoms with Gasteiger partial charge < -0.3 is 10.1 Å². The number of amides is 1. The SMILES string of the molecule is CCOc1cccc(NC(=O)c2ccc(C)c(NS(C)(=O)=O)c2)c1. The molecule has 6 nitrogen and oxygen atoms in total. The van der Waals surface area contributed by atoms with Crippen molar-refractivity contribution in [1.29, 1.82) is 0 Å². The first-order valence-electron chi connectivity index (χ1n) is 7.41. The molecule has 0 radical (unpaired) electrons. The lowest BCUT2D eigenvalue weighted by Crippen LogP contribution is -2.14. The summed E-state index contributed by atoms with van der Waals surface area (Å²) in [4.78, 5) is 12.4. The molecule has 24 heavy (non-hydrogen) atoms. The van der Waals surface area contributed by atoms with Crippen LogP contribution >= 0.6 is 0 Å². The van der Waals surface area contributed by atoms with Crippen molar-refractivity contribution < 1.29 is 17.9 Å². The molecule has 0 saturated heterocycles. The summed E-state index contributed by atoms with van der Waals surface area (Å²) >= 11 is 0. The quantitative estimate of drug-likeness (QED) is 0.840. The molecule has 0 aliphatic carbocycles. The van der Waals surface area contributed by atoms with Crippen LogP contribution in [-0.2, 0) is 10.0 Å². The van der Waals surface area contributed by atoms with Gasteiger partial charge >= 0.3 is 0 Å². The van der Waals surface area contributed by atoms with Gasteiger partial charge in [-0.05, 0) is 43.7 Å². The van der Waals surface area contributed by atoms with E-state index < -0.39 is 10.0 Å². The van der Waals surface area contributed by atoms with Crippen LogP contribution < -0.4 is 14.8 Å². The Morgan fingerprint density at radius 1 is 1.17 bits per heavy atom. The number of hydrogen-bond donors (Lipinski definition) is 2. The van der Waals surface area contributed by atoms with E-state index in [0.717, 1.165) is 11.8 Å². The molecule has 0 aliphatic heterocycles. The number of carbonyl (C=O) groups excluding carboxylic acids is 1. The molecule has 2 N–H and O–H groups in total. The minimum Gasteiger partial charge on any atom is -0.494 e. The molecule has 2 rings (SSSR count). The lowest BCUT2D eigenvalue weighted by atomic mass is 10.1. The Hall–Kier alpha value is -2.54. The van der Waals surface area contributed by atoms with Gasteiger partial charge in [-0.2, -0.15) is 0 Å². The largest absolute Gasteiger partial charge is 0.494 e. The summed E-state index contributed by atoms with van der Waals surface area (Å²) in [5, 5.41) is 2.77. The van der Waals surface area contributed by atoms with E-state index >= 15 is 0 Å². The summed E-state index contributed by atoms with van der Waals surface area (Å²) in [7, 11) is -3.41. The van der Waals surface area contributed by atoms with Crippen LogP contribution in [0.2, 0.25) is 0 Å². The summed E-state index contributed by atoms with van der Waals surface area (Å²) in [5.41, 5.74) is 2.07. The van der Waals surface area contributed by atoms with Crippen molar-refractivity contribution >= 4 is 27.3 Å². The van der Waals surface area contributed by atoms with Crippen LogP contribution in [0.1, 0.15) is 22.8 Å². The van der Waals surface area contributed by atoms with E-state index in [9.17, 15) is 13.2 Å². The van der Waals surface area contributed by atoms with E-state index in [0.29, 0.717) is 29.3 Å². The Morgan fingerprint density at radius 2 is 1.92 bits per heavy atom. The van der Waals surface area contributed by atoms with Crippen molar-refractivity contribution in [2.75, 3.05) is 22.9 Å². The van der Waals surface area contributed by atoms with Crippen molar-refractivity contribution in [3.8, 4) is 5.75 Å². The monoisotopic (exact) mass is 348 g/mol. The minimum atomic E-state index is -3.41. The Labute approximate surface area is 141 Å². The van der Waals surface area contributed by atoms with Gasteiger partial charge in [0.1, 0.15) is 5.75 Å². The average molecular weight is 348 g/mol. The van der Waals surface area contributed by atoms with Crippen molar-refractivity contribution in [3.63, 3.8) is 0 Å². The van der Waals surface area contributed by atoms with Gasteiger partial charge in [-0.1, -0.05) is 12.1 Å². The Bertz CT molecular complexity index is 847. The predicted molar refractivity (Wildman–Crippen MR) is 95.2 cm³/mol. The number of rotatable bonds is 6. The number of ether oxygens (including phenoxy) is 1. The molecule has 0 heterocycles. The fraction of sp³-hybridized carbons (Fsp3) is 0.235. The fourth-order valence-corrected chi connectivity index (χ4v) is 2.73. The zero-order valence-electron chi connectivity index (χ0n) is 13.8. The molecule has 0 spiro atoms. The molecule has 128 valence electrons. The second-order valence-corrected chi connectivity index (χ2v) is 7.07. The van der Waals surface area contributed by atoms with Crippen LogP contribution in [0.15, 0.2) is 42.5 Å². The molecule has 0 bridgehead atoms. The molecule has 1 amide bonds. The normalized spacial score (nSPS) is 11.0. The molecular weight excluding hydrogens is 328 g/mol. The second-order valence-electron chi connectivity index (χ2n) is 5.32. The summed E-state index contributed by atoms with van der Waals surface area (Å²) in [5.74, 6) is 0.332. The molecule has 0 saturated carbocycles. The lowest BCUT2D eigenvalue weighted by molar-refractivity contribution is 0.102. The first kappa shape index (κ1) is 17.8. The van der Waals surface area contributed by atoms with Gasteiger partial charge in [0.05, 0.1) is 18.6 Å². The number of aryl methyl sites for hydroxylation is 1. The summed E-state index contributed by atoms with van der Waals surface area (Å²) in [6, 6.07) is 11.9. The Balaban J connectivity index is 2.21. The van der Waals surface area contributed by atoms with Crippen LogP contribution in [-0.4, -0.2) is 27.2 Å². The second kappa shape index (κ2) is 7.35. The van der Waals surface area contributed by atoms with Gasteiger partial charge in [-0.3, -0.25) is 9.52 Å². The number of hydrogen-bond acceptors (Lipinski definition) is 4. The highest BCUT2D eigenvalue weighted by Crippen LogP contribution is 2.21. The van der Waals surface area contributed by atoms with Crippen LogP contribution in [0.5, 0.6) is 5.75 Å². The van der Waals surface area contributed by atoms with Gasteiger partial charge in [0.2, 0.25) is 10.0 Å². The van der Waals surface area contributed by atoms with Gasteiger partial charge in [0, 0.05) is 17.3 Å². The van der Waals surface area contributed by atoms with E-state index in [4.69, 9.17) is 4.74 Å². The lowest BCUT2D eigenvalue weighted by Gasteiger charge is -2.11. The van der Waals surface area contributed by atoms with Gasteiger partial charge in [-0.15, -0.1) is 0 Å². The Kier molecular flexibility index (Phi) is 5.46. The fourth-order valence-electron chi connectivity index (χ4n) is 2.11. The van der Waals surface area contributed by atoms with Crippen LogP contribution in [0, 0.1) is 6.92 Å². The van der Waals surface area contributed by atoms with Crippen LogP contribution in [0.3, 0.4) is 0 Å². The molecule has 2 aromatic rings. The topological polar surface area (TPSA) is 84.5 Å². The highest BCUT2D eigenvalue weighted by molar-refractivity contribution is 7.92. The smallest absolute Gasteiger partial charge is 0.255 e. The predicted octanol–water partition coefficient (Wildman–Crippen LogP) is 3.02. The van der Waals surface area contributed by atoms with E-state index in [1.807, 2.05) is 6.92 Å².